The SMILES string of the molecule is CCN(CC)c1ccc(C(NC(=O)C2CC2)c2cc(Cl)c3cccnc3c2O)cc1. The van der Waals surface area contributed by atoms with Crippen molar-refractivity contribution >= 4 is 34.1 Å². The number of halogens is 1. The Morgan fingerprint density at radius 1 is 1.23 bits per heavy atom. The third-order valence-corrected chi connectivity index (χ3v) is 6.06. The van der Waals surface area contributed by atoms with Gasteiger partial charge in [0, 0.05) is 41.8 Å². The van der Waals surface area contributed by atoms with Crippen molar-refractivity contribution in [1.29, 1.82) is 0 Å². The first kappa shape index (κ1) is 20.5. The molecule has 2 aromatic carbocycles. The van der Waals surface area contributed by atoms with Crippen molar-refractivity contribution in [3.63, 3.8) is 0 Å². The number of nitrogens with one attached hydrogen (secondary N) is 1. The van der Waals surface area contributed by atoms with Gasteiger partial charge in [-0.25, -0.2) is 0 Å². The van der Waals surface area contributed by atoms with Crippen LogP contribution in [0.4, 0.5) is 5.69 Å². The second kappa shape index (κ2) is 8.52. The van der Waals surface area contributed by atoms with E-state index in [1.165, 1.54) is 0 Å². The lowest BCUT2D eigenvalue weighted by Crippen LogP contribution is -2.30. The lowest BCUT2D eigenvalue weighted by atomic mass is 9.95. The molecular weight excluding hydrogens is 398 g/mol. The number of fused-ring (bicyclic) bond motifs is 1. The maximum Gasteiger partial charge on any atom is 0.223 e. The number of pyridine rings is 1. The molecule has 0 aliphatic heterocycles. The number of rotatable bonds is 7. The van der Waals surface area contributed by atoms with Crippen molar-refractivity contribution in [2.45, 2.75) is 32.7 Å². The van der Waals surface area contributed by atoms with Crippen LogP contribution in [0.25, 0.3) is 10.9 Å². The Morgan fingerprint density at radius 3 is 2.57 bits per heavy atom. The van der Waals surface area contributed by atoms with Gasteiger partial charge in [-0.15, -0.1) is 0 Å². The molecule has 4 rings (SSSR count). The zero-order chi connectivity index (χ0) is 21.3. The Kier molecular flexibility index (Phi) is 5.82. The Hall–Kier alpha value is -2.79. The van der Waals surface area contributed by atoms with Crippen LogP contribution >= 0.6 is 11.6 Å². The Bertz CT molecular complexity index is 1060. The first-order valence-corrected chi connectivity index (χ1v) is 10.8. The summed E-state index contributed by atoms with van der Waals surface area (Å²) in [5, 5.41) is 15.3. The van der Waals surface area contributed by atoms with Gasteiger partial charge in [-0.05, 0) is 62.6 Å². The van der Waals surface area contributed by atoms with E-state index in [0.29, 0.717) is 21.5 Å². The summed E-state index contributed by atoms with van der Waals surface area (Å²) in [6.07, 6.45) is 3.44. The van der Waals surface area contributed by atoms with Crippen LogP contribution in [0, 0.1) is 5.92 Å². The van der Waals surface area contributed by atoms with Crippen molar-refractivity contribution < 1.29 is 9.90 Å². The van der Waals surface area contributed by atoms with Gasteiger partial charge in [-0.2, -0.15) is 0 Å². The number of hydrogen-bond acceptors (Lipinski definition) is 4. The van der Waals surface area contributed by atoms with Gasteiger partial charge in [0.2, 0.25) is 5.91 Å². The molecule has 1 aliphatic carbocycles. The third kappa shape index (κ3) is 3.94. The topological polar surface area (TPSA) is 65.5 Å². The van der Waals surface area contributed by atoms with Crippen molar-refractivity contribution in [1.82, 2.24) is 10.3 Å². The molecule has 0 radical (unpaired) electrons. The number of benzene rings is 2. The molecule has 6 heteroatoms. The Morgan fingerprint density at radius 2 is 1.93 bits per heavy atom. The molecule has 1 fully saturated rings. The van der Waals surface area contributed by atoms with Gasteiger partial charge in [-0.1, -0.05) is 23.7 Å². The highest BCUT2D eigenvalue weighted by Crippen LogP contribution is 2.39. The van der Waals surface area contributed by atoms with E-state index >= 15 is 0 Å². The minimum absolute atomic E-state index is 0.00413. The first-order valence-electron chi connectivity index (χ1n) is 10.4. The highest BCUT2D eigenvalue weighted by atomic mass is 35.5. The molecule has 0 spiro atoms. The number of carbonyl (C=O) groups is 1. The van der Waals surface area contributed by atoms with Crippen LogP contribution in [-0.4, -0.2) is 29.1 Å². The van der Waals surface area contributed by atoms with E-state index in [0.717, 1.165) is 37.2 Å². The quantitative estimate of drug-likeness (QED) is 0.557. The summed E-state index contributed by atoms with van der Waals surface area (Å²) in [4.78, 5) is 19.2. The van der Waals surface area contributed by atoms with E-state index in [2.05, 4.69) is 41.2 Å². The molecule has 1 amide bonds. The number of aromatic nitrogens is 1. The first-order chi connectivity index (χ1) is 14.5. The number of nitrogens with zero attached hydrogens (tertiary/aromatic N) is 2. The lowest BCUT2D eigenvalue weighted by molar-refractivity contribution is -0.122. The van der Waals surface area contributed by atoms with Gasteiger partial charge in [0.1, 0.15) is 11.3 Å². The molecule has 156 valence electrons. The molecule has 5 nitrogen and oxygen atoms in total. The number of amides is 1. The van der Waals surface area contributed by atoms with Crippen molar-refractivity contribution in [2.24, 2.45) is 5.92 Å². The van der Waals surface area contributed by atoms with Crippen LogP contribution < -0.4 is 10.2 Å². The second-order valence-electron chi connectivity index (χ2n) is 7.68. The monoisotopic (exact) mass is 423 g/mol. The van der Waals surface area contributed by atoms with Crippen LogP contribution in [0.3, 0.4) is 0 Å². The van der Waals surface area contributed by atoms with Crippen LogP contribution in [0.15, 0.2) is 48.7 Å². The summed E-state index contributed by atoms with van der Waals surface area (Å²) in [5.41, 5.74) is 3.00. The van der Waals surface area contributed by atoms with Crippen LogP contribution in [0.1, 0.15) is 43.9 Å². The van der Waals surface area contributed by atoms with Gasteiger partial charge < -0.3 is 15.3 Å². The molecule has 1 unspecified atom stereocenters. The standard InChI is InChI=1S/C24H26ClN3O2/c1-3-28(4-2)17-11-9-15(10-12-17)21(27-24(30)16-7-8-16)19-14-20(25)18-6-5-13-26-22(18)23(19)29/h5-6,9-14,16,21,29H,3-4,7-8H2,1-2H3,(H,27,30). The summed E-state index contributed by atoms with van der Waals surface area (Å²) in [7, 11) is 0. The van der Waals surface area contributed by atoms with E-state index in [9.17, 15) is 9.90 Å². The summed E-state index contributed by atoms with van der Waals surface area (Å²) >= 11 is 6.51. The number of aromatic hydroxyl groups is 1. The van der Waals surface area contributed by atoms with Crippen LogP contribution in [-0.2, 0) is 4.79 Å². The highest BCUT2D eigenvalue weighted by molar-refractivity contribution is 6.35. The fourth-order valence-corrected chi connectivity index (χ4v) is 4.11. The number of anilines is 1. The zero-order valence-electron chi connectivity index (χ0n) is 17.2. The molecule has 2 N–H and O–H groups in total. The van der Waals surface area contributed by atoms with Gasteiger partial charge in [0.15, 0.2) is 0 Å². The van der Waals surface area contributed by atoms with Crippen LogP contribution in [0.5, 0.6) is 5.75 Å². The van der Waals surface area contributed by atoms with Gasteiger partial charge in [-0.3, -0.25) is 9.78 Å². The normalized spacial score (nSPS) is 14.5. The fraction of sp³-hybridized carbons (Fsp3) is 0.333. The molecule has 1 aliphatic rings. The summed E-state index contributed by atoms with van der Waals surface area (Å²) in [6.45, 7) is 6.09. The van der Waals surface area contributed by atoms with Gasteiger partial charge in [0.05, 0.1) is 11.1 Å². The lowest BCUT2D eigenvalue weighted by Gasteiger charge is -2.24. The fourth-order valence-electron chi connectivity index (χ4n) is 3.84. The molecule has 1 aromatic heterocycles. The van der Waals surface area contributed by atoms with E-state index in [-0.39, 0.29) is 17.6 Å². The molecule has 1 saturated carbocycles. The Labute approximate surface area is 181 Å². The molecule has 0 saturated heterocycles. The van der Waals surface area contributed by atoms with Crippen molar-refractivity contribution in [3.8, 4) is 5.75 Å². The summed E-state index contributed by atoms with van der Waals surface area (Å²) in [5.74, 6) is 0.104. The summed E-state index contributed by atoms with van der Waals surface area (Å²) in [6, 6.07) is 12.9. The van der Waals surface area contributed by atoms with E-state index in [1.807, 2.05) is 18.2 Å². The predicted molar refractivity (Wildman–Crippen MR) is 121 cm³/mol. The molecule has 30 heavy (non-hydrogen) atoms. The molecule has 1 heterocycles. The van der Waals surface area contributed by atoms with Crippen molar-refractivity contribution in [2.75, 3.05) is 18.0 Å². The summed E-state index contributed by atoms with van der Waals surface area (Å²) < 4.78 is 0. The number of phenols is 1. The molecular formula is C24H26ClN3O2. The van der Waals surface area contributed by atoms with Crippen LogP contribution in [0.2, 0.25) is 5.02 Å². The highest BCUT2D eigenvalue weighted by Gasteiger charge is 2.32. The number of hydrogen-bond donors (Lipinski definition) is 2. The van der Waals surface area contributed by atoms with Crippen molar-refractivity contribution in [3.05, 3.63) is 64.8 Å². The predicted octanol–water partition coefficient (Wildman–Crippen LogP) is 5.06. The number of phenolic OH excluding ortho intramolecular Hbond substituents is 1. The molecule has 1 atom stereocenters. The minimum Gasteiger partial charge on any atom is -0.505 e. The van der Waals surface area contributed by atoms with E-state index in [4.69, 9.17) is 11.6 Å². The van der Waals surface area contributed by atoms with Gasteiger partial charge in [0.25, 0.3) is 0 Å². The minimum atomic E-state index is -0.507. The van der Waals surface area contributed by atoms with E-state index < -0.39 is 6.04 Å². The largest absolute Gasteiger partial charge is 0.505 e. The molecule has 0 bridgehead atoms. The number of carbonyl (C=O) groups excluding carboxylic acids is 1. The smallest absolute Gasteiger partial charge is 0.223 e. The third-order valence-electron chi connectivity index (χ3n) is 5.75. The average Bonchev–Trinajstić information content (AvgIpc) is 3.62. The van der Waals surface area contributed by atoms with Gasteiger partial charge >= 0.3 is 0 Å². The second-order valence-corrected chi connectivity index (χ2v) is 8.08. The zero-order valence-corrected chi connectivity index (χ0v) is 18.0. The Balaban J connectivity index is 1.78. The maximum absolute atomic E-state index is 12.6. The average molecular weight is 424 g/mol. The maximum atomic E-state index is 12.6. The molecule has 3 aromatic rings. The van der Waals surface area contributed by atoms with E-state index in [1.54, 1.807) is 18.3 Å².